The minimum absolute atomic E-state index is 0.0109. The molecule has 1 saturated carbocycles. The second kappa shape index (κ2) is 4.73. The largest absolute Gasteiger partial charge is 0.457 e. The first kappa shape index (κ1) is 11.7. The van der Waals surface area contributed by atoms with Crippen molar-refractivity contribution in [2.45, 2.75) is 25.2 Å². The second-order valence-corrected chi connectivity index (χ2v) is 5.41. The quantitative estimate of drug-likeness (QED) is 0.779. The zero-order valence-electron chi connectivity index (χ0n) is 9.86. The summed E-state index contributed by atoms with van der Waals surface area (Å²) in [7, 11) is 0. The molecular formula is C15H13BrO2. The Labute approximate surface area is 114 Å². The summed E-state index contributed by atoms with van der Waals surface area (Å²) in [6.07, 6.45) is 5.31. The number of halogens is 1. The summed E-state index contributed by atoms with van der Waals surface area (Å²) in [4.78, 5) is 12.3. The van der Waals surface area contributed by atoms with E-state index in [1.807, 2.05) is 18.2 Å². The predicted molar refractivity (Wildman–Crippen MR) is 72.9 cm³/mol. The van der Waals surface area contributed by atoms with E-state index in [9.17, 15) is 4.79 Å². The maximum absolute atomic E-state index is 12.3. The highest BCUT2D eigenvalue weighted by Crippen LogP contribution is 2.36. The number of hydrogen-bond donors (Lipinski definition) is 0. The fourth-order valence-electron chi connectivity index (χ4n) is 2.29. The summed E-state index contributed by atoms with van der Waals surface area (Å²) in [5.41, 5.74) is 2.61. The van der Waals surface area contributed by atoms with Crippen molar-refractivity contribution >= 4 is 21.7 Å². The third-order valence-electron chi connectivity index (χ3n) is 3.59. The summed E-state index contributed by atoms with van der Waals surface area (Å²) in [6, 6.07) is 9.66. The average Bonchev–Trinajstić information content (AvgIpc) is 2.73. The third-order valence-corrected chi connectivity index (χ3v) is 4.20. The van der Waals surface area contributed by atoms with E-state index in [4.69, 9.17) is 4.42 Å². The van der Waals surface area contributed by atoms with Crippen LogP contribution in [0.5, 0.6) is 0 Å². The lowest BCUT2D eigenvalue weighted by Gasteiger charge is -2.26. The molecule has 0 saturated heterocycles. The summed E-state index contributed by atoms with van der Waals surface area (Å²) >= 11 is 3.25. The molecule has 0 N–H and O–H groups in total. The van der Waals surface area contributed by atoms with Crippen LogP contribution < -0.4 is 0 Å². The van der Waals surface area contributed by atoms with Crippen molar-refractivity contribution < 1.29 is 9.21 Å². The number of carbonyl (C=O) groups excluding carboxylic acids is 1. The summed E-state index contributed by atoms with van der Waals surface area (Å²) in [6.45, 7) is 0. The van der Waals surface area contributed by atoms with Crippen LogP contribution in [0.2, 0.25) is 0 Å². The van der Waals surface area contributed by atoms with E-state index in [1.54, 1.807) is 6.07 Å². The first-order valence-electron chi connectivity index (χ1n) is 6.13. The van der Waals surface area contributed by atoms with Gasteiger partial charge in [-0.15, -0.1) is 0 Å². The van der Waals surface area contributed by atoms with Gasteiger partial charge in [0.1, 0.15) is 0 Å². The van der Waals surface area contributed by atoms with E-state index in [0.717, 1.165) is 5.56 Å². The van der Waals surface area contributed by atoms with Gasteiger partial charge in [0.25, 0.3) is 0 Å². The molecule has 0 radical (unpaired) electrons. The minimum atomic E-state index is 0.0109. The molecule has 0 aliphatic heterocycles. The first-order valence-corrected chi connectivity index (χ1v) is 6.92. The molecule has 1 heterocycles. The fraction of sp³-hybridized carbons (Fsp3) is 0.267. The Morgan fingerprint density at radius 1 is 1.28 bits per heavy atom. The van der Waals surface area contributed by atoms with Gasteiger partial charge in [0, 0.05) is 5.56 Å². The van der Waals surface area contributed by atoms with Crippen LogP contribution in [0.15, 0.2) is 45.7 Å². The molecule has 1 fully saturated rings. The Kier molecular flexibility index (Phi) is 3.08. The van der Waals surface area contributed by atoms with Crippen molar-refractivity contribution in [2.24, 2.45) is 0 Å². The zero-order chi connectivity index (χ0) is 12.5. The molecule has 3 rings (SSSR count). The molecule has 92 valence electrons. The Morgan fingerprint density at radius 2 is 2.11 bits per heavy atom. The number of rotatable bonds is 3. The van der Waals surface area contributed by atoms with E-state index in [-0.39, 0.29) is 5.78 Å². The maximum atomic E-state index is 12.3. The van der Waals surface area contributed by atoms with E-state index < -0.39 is 0 Å². The monoisotopic (exact) mass is 304 g/mol. The molecule has 2 aromatic rings. The molecule has 1 aliphatic rings. The van der Waals surface area contributed by atoms with Crippen molar-refractivity contribution in [1.82, 2.24) is 0 Å². The van der Waals surface area contributed by atoms with Gasteiger partial charge >= 0.3 is 0 Å². The minimum Gasteiger partial charge on any atom is -0.457 e. The van der Waals surface area contributed by atoms with Gasteiger partial charge in [0.15, 0.2) is 10.5 Å². The van der Waals surface area contributed by atoms with Gasteiger partial charge in [-0.1, -0.05) is 24.6 Å². The molecule has 2 nitrogen and oxygen atoms in total. The van der Waals surface area contributed by atoms with Crippen molar-refractivity contribution in [3.63, 3.8) is 0 Å². The maximum Gasteiger partial charge on any atom is 0.197 e. The zero-order valence-corrected chi connectivity index (χ0v) is 11.4. The van der Waals surface area contributed by atoms with Gasteiger partial charge in [0.05, 0.1) is 11.8 Å². The van der Waals surface area contributed by atoms with Crippen LogP contribution in [-0.2, 0) is 0 Å². The lowest BCUT2D eigenvalue weighted by atomic mass is 9.79. The third kappa shape index (κ3) is 2.03. The second-order valence-electron chi connectivity index (χ2n) is 4.69. The number of hydrogen-bond acceptors (Lipinski definition) is 2. The van der Waals surface area contributed by atoms with Gasteiger partial charge < -0.3 is 4.42 Å². The summed E-state index contributed by atoms with van der Waals surface area (Å²) in [5, 5.41) is 0. The van der Waals surface area contributed by atoms with Crippen molar-refractivity contribution in [1.29, 1.82) is 0 Å². The van der Waals surface area contributed by atoms with Crippen molar-refractivity contribution in [2.75, 3.05) is 0 Å². The lowest BCUT2D eigenvalue weighted by Crippen LogP contribution is -2.10. The van der Waals surface area contributed by atoms with Crippen molar-refractivity contribution in [3.05, 3.63) is 58.0 Å². The van der Waals surface area contributed by atoms with Gasteiger partial charge in [-0.3, -0.25) is 4.79 Å². The Bertz CT molecular complexity index is 582. The molecule has 1 aliphatic carbocycles. The molecule has 1 aromatic heterocycles. The van der Waals surface area contributed by atoms with Crippen LogP contribution in [0.25, 0.3) is 0 Å². The molecule has 1 aromatic carbocycles. The molecule has 18 heavy (non-hydrogen) atoms. The number of ketones is 1. The van der Waals surface area contributed by atoms with Crippen LogP contribution >= 0.6 is 15.9 Å². The molecule has 0 spiro atoms. The standard InChI is InChI=1S/C15H13BrO2/c16-15-13(7-8-18-15)14(17)12-6-2-5-11(9-12)10-3-1-4-10/h2,5-10H,1,3-4H2. The Morgan fingerprint density at radius 3 is 2.72 bits per heavy atom. The predicted octanol–water partition coefficient (Wildman–Crippen LogP) is 4.54. The Balaban J connectivity index is 1.92. The van der Waals surface area contributed by atoms with Crippen LogP contribution in [0.3, 0.4) is 0 Å². The highest BCUT2D eigenvalue weighted by atomic mass is 79.9. The summed E-state index contributed by atoms with van der Waals surface area (Å²) in [5.74, 6) is 0.655. The smallest absolute Gasteiger partial charge is 0.197 e. The number of carbonyl (C=O) groups is 1. The highest BCUT2D eigenvalue weighted by Gasteiger charge is 2.21. The molecule has 0 unspecified atom stereocenters. The molecule has 0 bridgehead atoms. The average molecular weight is 305 g/mol. The van der Waals surface area contributed by atoms with Gasteiger partial charge in [-0.25, -0.2) is 0 Å². The summed E-state index contributed by atoms with van der Waals surface area (Å²) < 4.78 is 5.61. The highest BCUT2D eigenvalue weighted by molar-refractivity contribution is 9.10. The van der Waals surface area contributed by atoms with Gasteiger partial charge in [-0.2, -0.15) is 0 Å². The topological polar surface area (TPSA) is 30.2 Å². The Hall–Kier alpha value is -1.35. The van der Waals surface area contributed by atoms with Gasteiger partial charge in [0.2, 0.25) is 0 Å². The van der Waals surface area contributed by atoms with E-state index in [2.05, 4.69) is 22.0 Å². The molecule has 3 heteroatoms. The molecule has 0 atom stereocenters. The van der Waals surface area contributed by atoms with Crippen LogP contribution in [-0.4, -0.2) is 5.78 Å². The molecule has 0 amide bonds. The SMILES string of the molecule is O=C(c1cccc(C2CCC2)c1)c1ccoc1Br. The van der Waals surface area contributed by atoms with Crippen molar-refractivity contribution in [3.8, 4) is 0 Å². The normalized spacial score (nSPS) is 15.4. The van der Waals surface area contributed by atoms with Crippen LogP contribution in [0.4, 0.5) is 0 Å². The number of furan rings is 1. The lowest BCUT2D eigenvalue weighted by molar-refractivity contribution is 0.103. The van der Waals surface area contributed by atoms with Gasteiger partial charge in [-0.05, 0) is 52.4 Å². The van der Waals surface area contributed by atoms with E-state index in [0.29, 0.717) is 16.2 Å². The van der Waals surface area contributed by atoms with E-state index >= 15 is 0 Å². The molecular weight excluding hydrogens is 292 g/mol. The first-order chi connectivity index (χ1) is 8.75. The van der Waals surface area contributed by atoms with Crippen LogP contribution in [0.1, 0.15) is 46.7 Å². The number of benzene rings is 1. The van der Waals surface area contributed by atoms with E-state index in [1.165, 1.54) is 31.1 Å². The van der Waals surface area contributed by atoms with Crippen LogP contribution in [0, 0.1) is 0 Å². The fourth-order valence-corrected chi connectivity index (χ4v) is 2.71.